The Kier molecular flexibility index (Phi) is 4.06. The van der Waals surface area contributed by atoms with Crippen LogP contribution in [0.4, 0.5) is 18.9 Å². The maximum Gasteiger partial charge on any atom is 0.416 e. The summed E-state index contributed by atoms with van der Waals surface area (Å²) in [6.45, 7) is 3.72. The van der Waals surface area contributed by atoms with Crippen molar-refractivity contribution in [2.75, 3.05) is 5.32 Å². The van der Waals surface area contributed by atoms with Gasteiger partial charge in [0, 0.05) is 5.69 Å². The van der Waals surface area contributed by atoms with Crippen molar-refractivity contribution in [3.05, 3.63) is 53.5 Å². The van der Waals surface area contributed by atoms with Crippen LogP contribution < -0.4 is 5.32 Å². The monoisotopic (exact) mass is 283 g/mol. The molecule has 0 radical (unpaired) electrons. The molecular formula is C15H16F3NO. The molecule has 0 saturated heterocycles. The maximum absolute atomic E-state index is 12.7. The van der Waals surface area contributed by atoms with Crippen LogP contribution in [0.1, 0.15) is 36.3 Å². The predicted molar refractivity (Wildman–Crippen MR) is 71.5 cm³/mol. The van der Waals surface area contributed by atoms with Gasteiger partial charge in [-0.3, -0.25) is 0 Å². The van der Waals surface area contributed by atoms with Crippen LogP contribution in [0.5, 0.6) is 0 Å². The van der Waals surface area contributed by atoms with Gasteiger partial charge in [0.1, 0.15) is 5.76 Å². The summed E-state index contributed by atoms with van der Waals surface area (Å²) in [5.41, 5.74) is 0.589. The lowest BCUT2D eigenvalue weighted by atomic mass is 10.1. The van der Waals surface area contributed by atoms with Gasteiger partial charge in [-0.15, -0.1) is 0 Å². The third-order valence-corrected chi connectivity index (χ3v) is 3.19. The molecule has 1 aromatic heterocycles. The van der Waals surface area contributed by atoms with Crippen molar-refractivity contribution in [2.24, 2.45) is 0 Å². The van der Waals surface area contributed by atoms with Gasteiger partial charge in [-0.2, -0.15) is 13.2 Å². The zero-order chi connectivity index (χ0) is 14.8. The topological polar surface area (TPSA) is 25.2 Å². The Morgan fingerprint density at radius 1 is 1.25 bits per heavy atom. The number of rotatable bonds is 4. The Labute approximate surface area is 115 Å². The fraction of sp³-hybridized carbons (Fsp3) is 0.333. The van der Waals surface area contributed by atoms with E-state index in [0.717, 1.165) is 17.7 Å². The van der Waals surface area contributed by atoms with E-state index in [1.807, 2.05) is 13.0 Å². The molecule has 0 spiro atoms. The number of hydrogen-bond acceptors (Lipinski definition) is 2. The summed E-state index contributed by atoms with van der Waals surface area (Å²) in [4.78, 5) is 0. The van der Waals surface area contributed by atoms with Crippen molar-refractivity contribution in [3.63, 3.8) is 0 Å². The normalized spacial score (nSPS) is 13.2. The molecule has 0 aliphatic heterocycles. The van der Waals surface area contributed by atoms with Crippen LogP contribution in [-0.2, 0) is 6.18 Å². The summed E-state index contributed by atoms with van der Waals surface area (Å²) < 4.78 is 43.5. The quantitative estimate of drug-likeness (QED) is 0.837. The number of halogens is 3. The molecule has 20 heavy (non-hydrogen) atoms. The lowest BCUT2D eigenvalue weighted by Crippen LogP contribution is -2.12. The van der Waals surface area contributed by atoms with E-state index < -0.39 is 11.7 Å². The van der Waals surface area contributed by atoms with Crippen LogP contribution in [-0.4, -0.2) is 0 Å². The summed E-state index contributed by atoms with van der Waals surface area (Å²) in [7, 11) is 0. The van der Waals surface area contributed by atoms with Crippen LogP contribution in [0.25, 0.3) is 0 Å². The number of nitrogens with one attached hydrogen (secondary N) is 1. The maximum atomic E-state index is 12.7. The first-order valence-electron chi connectivity index (χ1n) is 6.39. The molecule has 0 aliphatic carbocycles. The van der Waals surface area contributed by atoms with Crippen molar-refractivity contribution in [3.8, 4) is 0 Å². The van der Waals surface area contributed by atoms with Gasteiger partial charge in [0.2, 0.25) is 0 Å². The van der Waals surface area contributed by atoms with Crippen LogP contribution in [0, 0.1) is 6.92 Å². The second kappa shape index (κ2) is 5.61. The largest absolute Gasteiger partial charge is 0.467 e. The molecule has 2 aromatic rings. The highest BCUT2D eigenvalue weighted by Gasteiger charge is 2.31. The van der Waals surface area contributed by atoms with E-state index in [2.05, 4.69) is 5.32 Å². The van der Waals surface area contributed by atoms with Gasteiger partial charge >= 0.3 is 6.18 Å². The highest BCUT2D eigenvalue weighted by molar-refractivity contribution is 5.54. The number of anilines is 1. The summed E-state index contributed by atoms with van der Waals surface area (Å²) in [6, 6.07) is 7.13. The number of furan rings is 1. The van der Waals surface area contributed by atoms with Crippen LogP contribution in [0.2, 0.25) is 0 Å². The molecule has 5 heteroatoms. The van der Waals surface area contributed by atoms with Gasteiger partial charge in [0.15, 0.2) is 0 Å². The van der Waals surface area contributed by atoms with E-state index in [9.17, 15) is 13.2 Å². The van der Waals surface area contributed by atoms with Crippen LogP contribution in [0.15, 0.2) is 41.0 Å². The summed E-state index contributed by atoms with van der Waals surface area (Å²) in [5, 5.41) is 3.12. The summed E-state index contributed by atoms with van der Waals surface area (Å²) in [6.07, 6.45) is -2.07. The molecule has 2 nitrogen and oxygen atoms in total. The zero-order valence-electron chi connectivity index (χ0n) is 11.3. The molecule has 108 valence electrons. The van der Waals surface area contributed by atoms with E-state index >= 15 is 0 Å². The standard InChI is InChI=1S/C15H16F3NO/c1-3-12(14-5-4-8-20-14)19-13-9-11(15(16,17)18)7-6-10(13)2/h4-9,12,19H,3H2,1-2H3. The SMILES string of the molecule is CCC(Nc1cc(C(F)(F)F)ccc1C)c1ccco1. The molecule has 0 amide bonds. The molecule has 1 heterocycles. The third-order valence-electron chi connectivity index (χ3n) is 3.19. The van der Waals surface area contributed by atoms with Gasteiger partial charge in [-0.25, -0.2) is 0 Å². The first-order chi connectivity index (χ1) is 9.41. The Hall–Kier alpha value is -1.91. The number of hydrogen-bond donors (Lipinski definition) is 1. The van der Waals surface area contributed by atoms with E-state index in [4.69, 9.17) is 4.42 Å². The third kappa shape index (κ3) is 3.15. The van der Waals surface area contributed by atoms with Crippen LogP contribution >= 0.6 is 0 Å². The minimum atomic E-state index is -4.34. The van der Waals surface area contributed by atoms with Crippen molar-refractivity contribution < 1.29 is 17.6 Å². The van der Waals surface area contributed by atoms with E-state index in [-0.39, 0.29) is 6.04 Å². The molecule has 0 fully saturated rings. The number of benzene rings is 1. The lowest BCUT2D eigenvalue weighted by molar-refractivity contribution is -0.137. The van der Waals surface area contributed by atoms with Gasteiger partial charge in [-0.05, 0) is 43.2 Å². The van der Waals surface area contributed by atoms with E-state index in [1.165, 1.54) is 6.07 Å². The highest BCUT2D eigenvalue weighted by Crippen LogP contribution is 2.33. The van der Waals surface area contributed by atoms with Gasteiger partial charge < -0.3 is 9.73 Å². The summed E-state index contributed by atoms with van der Waals surface area (Å²) >= 11 is 0. The Morgan fingerprint density at radius 3 is 2.55 bits per heavy atom. The van der Waals surface area contributed by atoms with Gasteiger partial charge in [0.05, 0.1) is 17.9 Å². The smallest absolute Gasteiger partial charge is 0.416 e. The number of alkyl halides is 3. The van der Waals surface area contributed by atoms with Crippen molar-refractivity contribution in [1.82, 2.24) is 0 Å². The zero-order valence-corrected chi connectivity index (χ0v) is 11.3. The molecule has 1 aromatic carbocycles. The van der Waals surface area contributed by atoms with E-state index in [0.29, 0.717) is 17.9 Å². The molecule has 2 rings (SSSR count). The minimum Gasteiger partial charge on any atom is -0.467 e. The number of aryl methyl sites for hydroxylation is 1. The fourth-order valence-electron chi connectivity index (χ4n) is 2.01. The average molecular weight is 283 g/mol. The summed E-state index contributed by atoms with van der Waals surface area (Å²) in [5.74, 6) is 0.712. The van der Waals surface area contributed by atoms with Crippen molar-refractivity contribution >= 4 is 5.69 Å². The predicted octanol–water partition coefficient (Wildman–Crippen LogP) is 5.17. The first kappa shape index (κ1) is 14.5. The molecule has 1 atom stereocenters. The molecular weight excluding hydrogens is 267 g/mol. The second-order valence-corrected chi connectivity index (χ2v) is 4.65. The van der Waals surface area contributed by atoms with Gasteiger partial charge in [-0.1, -0.05) is 13.0 Å². The van der Waals surface area contributed by atoms with Crippen LogP contribution in [0.3, 0.4) is 0 Å². The fourth-order valence-corrected chi connectivity index (χ4v) is 2.01. The second-order valence-electron chi connectivity index (χ2n) is 4.65. The lowest BCUT2D eigenvalue weighted by Gasteiger charge is -2.19. The van der Waals surface area contributed by atoms with Crippen molar-refractivity contribution in [1.29, 1.82) is 0 Å². The molecule has 0 bridgehead atoms. The van der Waals surface area contributed by atoms with Gasteiger partial charge in [0.25, 0.3) is 0 Å². The minimum absolute atomic E-state index is 0.146. The first-order valence-corrected chi connectivity index (χ1v) is 6.39. The molecule has 0 aliphatic rings. The van der Waals surface area contributed by atoms with Crippen molar-refractivity contribution in [2.45, 2.75) is 32.5 Å². The Bertz CT molecular complexity index is 561. The Morgan fingerprint density at radius 2 is 2.00 bits per heavy atom. The van der Waals surface area contributed by atoms with E-state index in [1.54, 1.807) is 19.3 Å². The Balaban J connectivity index is 2.28. The average Bonchev–Trinajstić information content (AvgIpc) is 2.90. The highest BCUT2D eigenvalue weighted by atomic mass is 19.4. The molecule has 1 N–H and O–H groups in total. The molecule has 0 saturated carbocycles. The molecule has 1 unspecified atom stereocenters.